The Morgan fingerprint density at radius 2 is 1.84 bits per heavy atom. The van der Waals surface area contributed by atoms with Gasteiger partial charge in [-0.15, -0.1) is 0 Å². The molecule has 1 aliphatic carbocycles. The molecule has 3 rings (SSSR count). The fraction of sp³-hybridized carbons (Fsp3) is 0.600. The van der Waals surface area contributed by atoms with Crippen molar-refractivity contribution in [3.05, 3.63) is 28.2 Å². The Bertz CT molecular complexity index is 455. The SMILES string of the molecule is Clc1ccc(N2CCCNC3(CCCC3)C2)cc1Cl. The molecule has 1 N–H and O–H groups in total. The predicted molar refractivity (Wildman–Crippen MR) is 82.5 cm³/mol. The number of benzene rings is 1. The molecule has 104 valence electrons. The molecule has 0 aromatic heterocycles. The average Bonchev–Trinajstić information content (AvgIpc) is 2.74. The van der Waals surface area contributed by atoms with Gasteiger partial charge in [-0.05, 0) is 44.0 Å². The zero-order chi connectivity index (χ0) is 13.3. The summed E-state index contributed by atoms with van der Waals surface area (Å²) in [6.45, 7) is 3.30. The molecular formula is C15H20Cl2N2. The van der Waals surface area contributed by atoms with Gasteiger partial charge >= 0.3 is 0 Å². The highest BCUT2D eigenvalue weighted by molar-refractivity contribution is 6.42. The van der Waals surface area contributed by atoms with Crippen LogP contribution >= 0.6 is 23.2 Å². The normalized spacial score (nSPS) is 22.7. The summed E-state index contributed by atoms with van der Waals surface area (Å²) >= 11 is 12.2. The van der Waals surface area contributed by atoms with Gasteiger partial charge in [0.25, 0.3) is 0 Å². The van der Waals surface area contributed by atoms with Crippen molar-refractivity contribution in [1.82, 2.24) is 5.32 Å². The molecule has 0 unspecified atom stereocenters. The minimum atomic E-state index is 0.322. The fourth-order valence-electron chi connectivity index (χ4n) is 3.41. The molecule has 1 saturated heterocycles. The molecule has 1 aliphatic heterocycles. The Balaban J connectivity index is 1.84. The lowest BCUT2D eigenvalue weighted by atomic mass is 9.97. The maximum atomic E-state index is 6.15. The molecule has 4 heteroatoms. The van der Waals surface area contributed by atoms with Gasteiger partial charge in [-0.1, -0.05) is 36.0 Å². The second-order valence-corrected chi connectivity index (χ2v) is 6.60. The van der Waals surface area contributed by atoms with Gasteiger partial charge in [0.15, 0.2) is 0 Å². The molecule has 0 atom stereocenters. The number of hydrogen-bond acceptors (Lipinski definition) is 2. The van der Waals surface area contributed by atoms with Crippen molar-refractivity contribution < 1.29 is 0 Å². The lowest BCUT2D eigenvalue weighted by Gasteiger charge is -2.34. The molecule has 1 spiro atoms. The van der Waals surface area contributed by atoms with Crippen molar-refractivity contribution in [3.8, 4) is 0 Å². The smallest absolute Gasteiger partial charge is 0.0612 e. The van der Waals surface area contributed by atoms with Crippen LogP contribution < -0.4 is 10.2 Å². The summed E-state index contributed by atoms with van der Waals surface area (Å²) in [4.78, 5) is 2.47. The molecule has 0 radical (unpaired) electrons. The van der Waals surface area contributed by atoms with Crippen LogP contribution in [0.15, 0.2) is 18.2 Å². The minimum Gasteiger partial charge on any atom is -0.370 e. The first-order valence-electron chi connectivity index (χ1n) is 7.14. The van der Waals surface area contributed by atoms with E-state index in [1.54, 1.807) is 0 Å². The number of nitrogens with zero attached hydrogens (tertiary/aromatic N) is 1. The lowest BCUT2D eigenvalue weighted by molar-refractivity contribution is 0.354. The van der Waals surface area contributed by atoms with E-state index in [-0.39, 0.29) is 0 Å². The third-order valence-electron chi connectivity index (χ3n) is 4.43. The molecule has 1 saturated carbocycles. The molecule has 1 aromatic rings. The first kappa shape index (κ1) is 13.5. The Kier molecular flexibility index (Phi) is 3.93. The highest BCUT2D eigenvalue weighted by Gasteiger charge is 2.36. The van der Waals surface area contributed by atoms with Gasteiger partial charge < -0.3 is 10.2 Å². The molecule has 0 amide bonds. The third kappa shape index (κ3) is 2.86. The summed E-state index contributed by atoms with van der Waals surface area (Å²) in [5, 5.41) is 5.07. The number of nitrogens with one attached hydrogen (secondary N) is 1. The summed E-state index contributed by atoms with van der Waals surface area (Å²) < 4.78 is 0. The topological polar surface area (TPSA) is 15.3 Å². The molecule has 2 fully saturated rings. The molecule has 0 bridgehead atoms. The van der Waals surface area contributed by atoms with E-state index in [0.717, 1.165) is 19.6 Å². The van der Waals surface area contributed by atoms with Crippen molar-refractivity contribution in [2.75, 3.05) is 24.5 Å². The van der Waals surface area contributed by atoms with E-state index in [1.165, 1.54) is 37.8 Å². The van der Waals surface area contributed by atoms with Crippen LogP contribution in [0.5, 0.6) is 0 Å². The summed E-state index contributed by atoms with van der Waals surface area (Å²) in [5.41, 5.74) is 1.52. The maximum absolute atomic E-state index is 6.15. The molecule has 1 heterocycles. The third-order valence-corrected chi connectivity index (χ3v) is 5.17. The van der Waals surface area contributed by atoms with Crippen LogP contribution in [0, 0.1) is 0 Å². The second kappa shape index (κ2) is 5.51. The molecule has 2 nitrogen and oxygen atoms in total. The number of rotatable bonds is 1. The van der Waals surface area contributed by atoms with Gasteiger partial charge in [-0.2, -0.15) is 0 Å². The van der Waals surface area contributed by atoms with E-state index >= 15 is 0 Å². The average molecular weight is 299 g/mol. The lowest BCUT2D eigenvalue weighted by Crippen LogP contribution is -2.49. The maximum Gasteiger partial charge on any atom is 0.0612 e. The first-order valence-corrected chi connectivity index (χ1v) is 7.89. The summed E-state index contributed by atoms with van der Waals surface area (Å²) in [6.07, 6.45) is 6.47. The van der Waals surface area contributed by atoms with Gasteiger partial charge in [0.2, 0.25) is 0 Å². The van der Waals surface area contributed by atoms with E-state index in [9.17, 15) is 0 Å². The van der Waals surface area contributed by atoms with E-state index in [1.807, 2.05) is 12.1 Å². The van der Waals surface area contributed by atoms with Crippen LogP contribution in [0.4, 0.5) is 5.69 Å². The Morgan fingerprint density at radius 1 is 1.05 bits per heavy atom. The van der Waals surface area contributed by atoms with Crippen molar-refractivity contribution in [1.29, 1.82) is 0 Å². The van der Waals surface area contributed by atoms with Crippen molar-refractivity contribution in [2.45, 2.75) is 37.6 Å². The minimum absolute atomic E-state index is 0.322. The summed E-state index contributed by atoms with van der Waals surface area (Å²) in [6, 6.07) is 5.99. The molecule has 2 aliphatic rings. The fourth-order valence-corrected chi connectivity index (χ4v) is 3.70. The summed E-state index contributed by atoms with van der Waals surface area (Å²) in [7, 11) is 0. The molecule has 1 aromatic carbocycles. The highest BCUT2D eigenvalue weighted by Crippen LogP contribution is 2.34. The van der Waals surface area contributed by atoms with Gasteiger partial charge in [0.1, 0.15) is 0 Å². The predicted octanol–water partition coefficient (Wildman–Crippen LogP) is 4.11. The number of anilines is 1. The highest BCUT2D eigenvalue weighted by atomic mass is 35.5. The van der Waals surface area contributed by atoms with Crippen LogP contribution in [-0.2, 0) is 0 Å². The monoisotopic (exact) mass is 298 g/mol. The quantitative estimate of drug-likeness (QED) is 0.839. The van der Waals surface area contributed by atoms with Crippen LogP contribution in [0.2, 0.25) is 10.0 Å². The van der Waals surface area contributed by atoms with E-state index in [2.05, 4.69) is 16.3 Å². The second-order valence-electron chi connectivity index (χ2n) is 5.79. The van der Waals surface area contributed by atoms with Crippen LogP contribution in [0.3, 0.4) is 0 Å². The zero-order valence-corrected chi connectivity index (χ0v) is 12.6. The number of hydrogen-bond donors (Lipinski definition) is 1. The Morgan fingerprint density at radius 3 is 2.58 bits per heavy atom. The van der Waals surface area contributed by atoms with E-state index in [0.29, 0.717) is 15.6 Å². The van der Waals surface area contributed by atoms with E-state index < -0.39 is 0 Å². The molecule has 19 heavy (non-hydrogen) atoms. The van der Waals surface area contributed by atoms with Gasteiger partial charge in [-0.25, -0.2) is 0 Å². The van der Waals surface area contributed by atoms with Crippen LogP contribution in [0.1, 0.15) is 32.1 Å². The van der Waals surface area contributed by atoms with Crippen LogP contribution in [-0.4, -0.2) is 25.2 Å². The first-order chi connectivity index (χ1) is 9.19. The van der Waals surface area contributed by atoms with Crippen molar-refractivity contribution in [3.63, 3.8) is 0 Å². The van der Waals surface area contributed by atoms with Crippen molar-refractivity contribution in [2.24, 2.45) is 0 Å². The number of halogens is 2. The van der Waals surface area contributed by atoms with Gasteiger partial charge in [0.05, 0.1) is 10.0 Å². The van der Waals surface area contributed by atoms with Gasteiger partial charge in [0, 0.05) is 24.3 Å². The zero-order valence-electron chi connectivity index (χ0n) is 11.1. The van der Waals surface area contributed by atoms with Crippen LogP contribution in [0.25, 0.3) is 0 Å². The van der Waals surface area contributed by atoms with E-state index in [4.69, 9.17) is 23.2 Å². The standard InChI is InChI=1S/C15H20Cl2N2/c16-13-5-4-12(10-14(13)17)19-9-3-8-18-15(11-19)6-1-2-7-15/h4-5,10,18H,1-3,6-9,11H2. The summed E-state index contributed by atoms with van der Waals surface area (Å²) in [5.74, 6) is 0. The molecular weight excluding hydrogens is 279 g/mol. The largest absolute Gasteiger partial charge is 0.370 e. The Hall–Kier alpha value is -0.440. The Labute approximate surface area is 125 Å². The van der Waals surface area contributed by atoms with Gasteiger partial charge in [-0.3, -0.25) is 0 Å². The van der Waals surface area contributed by atoms with Crippen molar-refractivity contribution >= 4 is 28.9 Å².